The molecule has 6 heteroatoms. The van der Waals surface area contributed by atoms with Crippen LogP contribution in [0.4, 0.5) is 0 Å². The van der Waals surface area contributed by atoms with Gasteiger partial charge in [0.25, 0.3) is 0 Å². The maximum absolute atomic E-state index is 11.4. The van der Waals surface area contributed by atoms with Crippen LogP contribution in [0.3, 0.4) is 0 Å². The van der Waals surface area contributed by atoms with Crippen molar-refractivity contribution in [3.8, 4) is 0 Å². The lowest BCUT2D eigenvalue weighted by molar-refractivity contribution is 0.285. The number of sulfonamides is 1. The second-order valence-electron chi connectivity index (χ2n) is 2.50. The van der Waals surface area contributed by atoms with E-state index in [1.54, 1.807) is 6.92 Å². The molecule has 0 radical (unpaired) electrons. The summed E-state index contributed by atoms with van der Waals surface area (Å²) < 4.78 is 25.0. The second-order valence-corrected chi connectivity index (χ2v) is 5.69. The lowest BCUT2D eigenvalue weighted by Gasteiger charge is -1.98. The van der Waals surface area contributed by atoms with Crippen molar-refractivity contribution in [3.05, 3.63) is 15.8 Å². The summed E-state index contributed by atoms with van der Waals surface area (Å²) >= 11 is 1.29. The maximum Gasteiger partial charge on any atom is 0.241 e. The molecule has 13 heavy (non-hydrogen) atoms. The van der Waals surface area contributed by atoms with Crippen molar-refractivity contribution in [2.45, 2.75) is 18.4 Å². The summed E-state index contributed by atoms with van der Waals surface area (Å²) in [7, 11) is -2.00. The molecular formula is C7H11NO3S2. The summed E-state index contributed by atoms with van der Waals surface area (Å²) in [5, 5.41) is 8.81. The Balaban J connectivity index is 3.23. The minimum absolute atomic E-state index is 0.120. The molecular weight excluding hydrogens is 210 g/mol. The van der Waals surface area contributed by atoms with Crippen LogP contribution in [-0.2, 0) is 16.6 Å². The van der Waals surface area contributed by atoms with Crippen LogP contribution >= 0.6 is 11.3 Å². The fourth-order valence-electron chi connectivity index (χ4n) is 0.979. The molecule has 0 spiro atoms. The molecule has 1 heterocycles. The van der Waals surface area contributed by atoms with Crippen molar-refractivity contribution in [2.24, 2.45) is 0 Å². The molecule has 74 valence electrons. The van der Waals surface area contributed by atoms with Gasteiger partial charge in [0.05, 0.1) is 11.5 Å². The van der Waals surface area contributed by atoms with E-state index >= 15 is 0 Å². The molecule has 1 aromatic heterocycles. The fourth-order valence-corrected chi connectivity index (χ4v) is 3.20. The highest BCUT2D eigenvalue weighted by Crippen LogP contribution is 2.25. The average Bonchev–Trinajstić information content (AvgIpc) is 2.47. The van der Waals surface area contributed by atoms with E-state index in [-0.39, 0.29) is 11.5 Å². The Morgan fingerprint density at radius 1 is 1.62 bits per heavy atom. The van der Waals surface area contributed by atoms with Crippen molar-refractivity contribution in [3.63, 3.8) is 0 Å². The van der Waals surface area contributed by atoms with Crippen LogP contribution in [0.1, 0.15) is 9.75 Å². The highest BCUT2D eigenvalue weighted by Gasteiger charge is 2.17. The van der Waals surface area contributed by atoms with E-state index < -0.39 is 10.0 Å². The highest BCUT2D eigenvalue weighted by atomic mass is 32.2. The molecule has 4 nitrogen and oxygen atoms in total. The van der Waals surface area contributed by atoms with Gasteiger partial charge in [-0.15, -0.1) is 11.3 Å². The predicted molar refractivity (Wildman–Crippen MR) is 51.2 cm³/mol. The molecule has 0 bridgehead atoms. The van der Waals surface area contributed by atoms with Crippen LogP contribution in [0, 0.1) is 6.92 Å². The van der Waals surface area contributed by atoms with Gasteiger partial charge in [0.2, 0.25) is 10.0 Å². The van der Waals surface area contributed by atoms with Gasteiger partial charge >= 0.3 is 0 Å². The number of aliphatic hydroxyl groups is 1. The van der Waals surface area contributed by atoms with Crippen molar-refractivity contribution < 1.29 is 13.5 Å². The lowest BCUT2D eigenvalue weighted by Crippen LogP contribution is -2.18. The largest absolute Gasteiger partial charge is 0.391 e. The van der Waals surface area contributed by atoms with E-state index in [4.69, 9.17) is 5.11 Å². The number of aryl methyl sites for hydroxylation is 1. The van der Waals surface area contributed by atoms with Crippen LogP contribution in [0.5, 0.6) is 0 Å². The molecule has 2 N–H and O–H groups in total. The number of nitrogens with one attached hydrogen (secondary N) is 1. The molecule has 0 aliphatic rings. The molecule has 0 saturated carbocycles. The van der Waals surface area contributed by atoms with Gasteiger partial charge in [0.1, 0.15) is 0 Å². The first-order valence-electron chi connectivity index (χ1n) is 3.65. The Hall–Kier alpha value is -0.430. The Labute approximate surface area is 81.3 Å². The molecule has 1 aromatic rings. The van der Waals surface area contributed by atoms with Gasteiger partial charge in [-0.05, 0) is 20.0 Å². The van der Waals surface area contributed by atoms with Gasteiger partial charge in [-0.25, -0.2) is 13.1 Å². The topological polar surface area (TPSA) is 66.4 Å². The molecule has 0 aromatic carbocycles. The van der Waals surface area contributed by atoms with E-state index in [0.717, 1.165) is 0 Å². The maximum atomic E-state index is 11.4. The fraction of sp³-hybridized carbons (Fsp3) is 0.429. The molecule has 0 unspecified atom stereocenters. The molecule has 0 saturated heterocycles. The molecule has 1 rings (SSSR count). The van der Waals surface area contributed by atoms with E-state index in [9.17, 15) is 8.42 Å². The molecule has 0 amide bonds. The number of hydrogen-bond donors (Lipinski definition) is 2. The number of rotatable bonds is 3. The van der Waals surface area contributed by atoms with Crippen LogP contribution < -0.4 is 4.72 Å². The smallest absolute Gasteiger partial charge is 0.241 e. The molecule has 0 fully saturated rings. The van der Waals surface area contributed by atoms with Crippen molar-refractivity contribution in [2.75, 3.05) is 7.05 Å². The van der Waals surface area contributed by atoms with Gasteiger partial charge in [0.15, 0.2) is 0 Å². The second kappa shape index (κ2) is 3.75. The minimum Gasteiger partial charge on any atom is -0.391 e. The third-order valence-corrected chi connectivity index (χ3v) is 4.34. The van der Waals surface area contributed by atoms with Crippen molar-refractivity contribution >= 4 is 21.4 Å². The monoisotopic (exact) mass is 221 g/mol. The van der Waals surface area contributed by atoms with Gasteiger partial charge in [-0.2, -0.15) is 0 Å². The van der Waals surface area contributed by atoms with Gasteiger partial charge in [-0.3, -0.25) is 0 Å². The zero-order valence-corrected chi connectivity index (χ0v) is 9.00. The SMILES string of the molecule is CNS(=O)(=O)c1cc(CO)sc1C. The Kier molecular flexibility index (Phi) is 3.07. The first kappa shape index (κ1) is 10.6. The van der Waals surface area contributed by atoms with Crippen LogP contribution in [0.15, 0.2) is 11.0 Å². The first-order chi connectivity index (χ1) is 6.01. The summed E-state index contributed by atoms with van der Waals surface area (Å²) in [6.45, 7) is 1.60. The van der Waals surface area contributed by atoms with Gasteiger partial charge in [0, 0.05) is 9.75 Å². The van der Waals surface area contributed by atoms with E-state index in [1.807, 2.05) is 0 Å². The summed E-state index contributed by atoms with van der Waals surface area (Å²) in [6, 6.07) is 1.49. The predicted octanol–water partition coefficient (Wildman–Crippen LogP) is 0.457. The third kappa shape index (κ3) is 2.08. The highest BCUT2D eigenvalue weighted by molar-refractivity contribution is 7.89. The van der Waals surface area contributed by atoms with E-state index in [0.29, 0.717) is 9.75 Å². The third-order valence-electron chi connectivity index (χ3n) is 1.64. The first-order valence-corrected chi connectivity index (χ1v) is 5.95. The minimum atomic E-state index is -3.37. The summed E-state index contributed by atoms with van der Waals surface area (Å²) in [4.78, 5) is 1.61. The normalized spacial score (nSPS) is 11.9. The van der Waals surface area contributed by atoms with Gasteiger partial charge in [-0.1, -0.05) is 0 Å². The Morgan fingerprint density at radius 3 is 2.62 bits per heavy atom. The van der Waals surface area contributed by atoms with Crippen molar-refractivity contribution in [1.29, 1.82) is 0 Å². The van der Waals surface area contributed by atoms with Gasteiger partial charge < -0.3 is 5.11 Å². The van der Waals surface area contributed by atoms with E-state index in [1.165, 1.54) is 24.5 Å². The van der Waals surface area contributed by atoms with Crippen LogP contribution in [0.25, 0.3) is 0 Å². The Morgan fingerprint density at radius 2 is 2.23 bits per heavy atom. The number of aliphatic hydroxyl groups excluding tert-OH is 1. The van der Waals surface area contributed by atoms with Crippen LogP contribution in [0.2, 0.25) is 0 Å². The lowest BCUT2D eigenvalue weighted by atomic mass is 10.4. The molecule has 0 aliphatic carbocycles. The molecule has 0 aliphatic heterocycles. The zero-order chi connectivity index (χ0) is 10.1. The Bertz CT molecular complexity index is 394. The van der Waals surface area contributed by atoms with E-state index in [2.05, 4.69) is 4.72 Å². The standard InChI is InChI=1S/C7H11NO3S2/c1-5-7(13(10,11)8-2)3-6(4-9)12-5/h3,8-9H,4H2,1-2H3. The number of hydrogen-bond acceptors (Lipinski definition) is 4. The quantitative estimate of drug-likeness (QED) is 0.779. The summed E-state index contributed by atoms with van der Waals surface area (Å²) in [5.41, 5.74) is 0. The number of thiophene rings is 1. The molecule has 0 atom stereocenters. The summed E-state index contributed by atoms with van der Waals surface area (Å²) in [6.07, 6.45) is 0. The average molecular weight is 221 g/mol. The van der Waals surface area contributed by atoms with Crippen molar-refractivity contribution in [1.82, 2.24) is 4.72 Å². The zero-order valence-electron chi connectivity index (χ0n) is 7.36. The van der Waals surface area contributed by atoms with Crippen LogP contribution in [-0.4, -0.2) is 20.6 Å². The summed E-state index contributed by atoms with van der Waals surface area (Å²) in [5.74, 6) is 0.